The molecule has 2 aliphatic rings. The average Bonchev–Trinajstić information content (AvgIpc) is 2.76. The summed E-state index contributed by atoms with van der Waals surface area (Å²) < 4.78 is 5.51. The Kier molecular flexibility index (Phi) is 3.66. The van der Waals surface area contributed by atoms with Gasteiger partial charge < -0.3 is 15.4 Å². The molecule has 20 heavy (non-hydrogen) atoms. The van der Waals surface area contributed by atoms with Crippen molar-refractivity contribution in [2.45, 2.75) is 37.1 Å². The maximum Gasteiger partial charge on any atom is 0.220 e. The molecular formula is C16H22N2O2. The van der Waals surface area contributed by atoms with Crippen LogP contribution in [0.1, 0.15) is 37.2 Å². The fourth-order valence-corrected chi connectivity index (χ4v) is 3.64. The minimum atomic E-state index is -0.151. The number of hydrogen-bond acceptors (Lipinski definition) is 3. The van der Waals surface area contributed by atoms with Gasteiger partial charge in [-0.3, -0.25) is 4.79 Å². The Morgan fingerprint density at radius 2 is 2.15 bits per heavy atom. The molecule has 108 valence electrons. The van der Waals surface area contributed by atoms with Gasteiger partial charge in [0.25, 0.3) is 0 Å². The van der Waals surface area contributed by atoms with Crippen LogP contribution in [0.3, 0.4) is 0 Å². The van der Waals surface area contributed by atoms with E-state index in [0.717, 1.165) is 38.1 Å². The Morgan fingerprint density at radius 3 is 3.00 bits per heavy atom. The fourth-order valence-electron chi connectivity index (χ4n) is 3.64. The first-order valence-electron chi connectivity index (χ1n) is 7.40. The Balaban J connectivity index is 1.97. The first-order valence-corrected chi connectivity index (χ1v) is 7.40. The van der Waals surface area contributed by atoms with Crippen LogP contribution in [0, 0.1) is 0 Å². The number of para-hydroxylation sites is 1. The summed E-state index contributed by atoms with van der Waals surface area (Å²) in [4.78, 5) is 12.0. The first-order chi connectivity index (χ1) is 9.75. The minimum Gasteiger partial charge on any atom is -0.496 e. The van der Waals surface area contributed by atoms with Gasteiger partial charge in [-0.05, 0) is 18.9 Å². The molecule has 1 aromatic rings. The zero-order valence-electron chi connectivity index (χ0n) is 11.9. The quantitative estimate of drug-likeness (QED) is 0.865. The molecule has 0 aliphatic carbocycles. The van der Waals surface area contributed by atoms with Crippen molar-refractivity contribution in [2.24, 2.45) is 0 Å². The normalized spacial score (nSPS) is 30.1. The number of ether oxygens (including phenoxy) is 1. The molecule has 2 N–H and O–H groups in total. The predicted molar refractivity (Wildman–Crippen MR) is 77.9 cm³/mol. The van der Waals surface area contributed by atoms with Crippen LogP contribution >= 0.6 is 0 Å². The van der Waals surface area contributed by atoms with Crippen LogP contribution in [0.5, 0.6) is 5.75 Å². The maximum atomic E-state index is 12.0. The highest BCUT2D eigenvalue weighted by atomic mass is 16.5. The number of nitrogens with one attached hydrogen (secondary N) is 2. The molecule has 0 radical (unpaired) electrons. The van der Waals surface area contributed by atoms with Gasteiger partial charge in [-0.15, -0.1) is 0 Å². The second-order valence-corrected chi connectivity index (χ2v) is 5.84. The van der Waals surface area contributed by atoms with Crippen molar-refractivity contribution < 1.29 is 9.53 Å². The second-order valence-electron chi connectivity index (χ2n) is 5.84. The van der Waals surface area contributed by atoms with Gasteiger partial charge in [-0.25, -0.2) is 0 Å². The highest BCUT2D eigenvalue weighted by Gasteiger charge is 2.46. The number of amides is 1. The molecule has 0 aromatic heterocycles. The third-order valence-electron chi connectivity index (χ3n) is 4.64. The Labute approximate surface area is 119 Å². The largest absolute Gasteiger partial charge is 0.496 e. The molecule has 2 fully saturated rings. The smallest absolute Gasteiger partial charge is 0.220 e. The lowest BCUT2D eigenvalue weighted by Crippen LogP contribution is -2.52. The van der Waals surface area contributed by atoms with Crippen molar-refractivity contribution in [2.75, 3.05) is 20.2 Å². The monoisotopic (exact) mass is 274 g/mol. The number of hydrogen-bond donors (Lipinski definition) is 2. The van der Waals surface area contributed by atoms with Gasteiger partial charge in [0.2, 0.25) is 5.91 Å². The molecular weight excluding hydrogens is 252 g/mol. The fraction of sp³-hybridized carbons (Fsp3) is 0.562. The summed E-state index contributed by atoms with van der Waals surface area (Å²) in [6.07, 6.45) is 3.78. The summed E-state index contributed by atoms with van der Waals surface area (Å²) in [5.41, 5.74) is 1.05. The highest BCUT2D eigenvalue weighted by molar-refractivity contribution is 5.77. The molecule has 2 saturated heterocycles. The first kappa shape index (κ1) is 13.4. The summed E-state index contributed by atoms with van der Waals surface area (Å²) in [5.74, 6) is 1.38. The third kappa shape index (κ3) is 2.29. The molecule has 1 amide bonds. The molecule has 0 bridgehead atoms. The van der Waals surface area contributed by atoms with Crippen LogP contribution in [0.15, 0.2) is 24.3 Å². The Hall–Kier alpha value is -1.55. The zero-order chi connectivity index (χ0) is 14.0. The van der Waals surface area contributed by atoms with Crippen LogP contribution < -0.4 is 15.4 Å². The van der Waals surface area contributed by atoms with Crippen LogP contribution in [0.2, 0.25) is 0 Å². The van der Waals surface area contributed by atoms with Crippen molar-refractivity contribution in [3.63, 3.8) is 0 Å². The molecule has 2 heterocycles. The van der Waals surface area contributed by atoms with E-state index in [9.17, 15) is 4.79 Å². The van der Waals surface area contributed by atoms with Gasteiger partial charge in [0.05, 0.1) is 12.6 Å². The van der Waals surface area contributed by atoms with E-state index in [-0.39, 0.29) is 17.4 Å². The number of carbonyl (C=O) groups is 1. The minimum absolute atomic E-state index is 0.151. The molecule has 2 atom stereocenters. The van der Waals surface area contributed by atoms with Crippen LogP contribution in [-0.2, 0) is 4.79 Å². The lowest BCUT2D eigenvalue weighted by molar-refractivity contribution is -0.122. The van der Waals surface area contributed by atoms with Crippen molar-refractivity contribution in [3.8, 4) is 5.75 Å². The van der Waals surface area contributed by atoms with E-state index in [0.29, 0.717) is 6.42 Å². The predicted octanol–water partition coefficient (Wildman–Crippen LogP) is 1.81. The van der Waals surface area contributed by atoms with Crippen LogP contribution in [0.25, 0.3) is 0 Å². The summed E-state index contributed by atoms with van der Waals surface area (Å²) >= 11 is 0. The van der Waals surface area contributed by atoms with Gasteiger partial charge in [0.15, 0.2) is 0 Å². The van der Waals surface area contributed by atoms with Gasteiger partial charge >= 0.3 is 0 Å². The van der Waals surface area contributed by atoms with E-state index >= 15 is 0 Å². The highest BCUT2D eigenvalue weighted by Crippen LogP contribution is 2.40. The summed E-state index contributed by atoms with van der Waals surface area (Å²) in [6.45, 7) is 1.74. The molecule has 1 aromatic carbocycles. The van der Waals surface area contributed by atoms with E-state index in [4.69, 9.17) is 4.74 Å². The Morgan fingerprint density at radius 1 is 1.30 bits per heavy atom. The number of methoxy groups -OCH3 is 1. The van der Waals surface area contributed by atoms with Crippen molar-refractivity contribution in [3.05, 3.63) is 29.8 Å². The number of rotatable bonds is 2. The third-order valence-corrected chi connectivity index (χ3v) is 4.64. The van der Waals surface area contributed by atoms with Crippen LogP contribution in [-0.4, -0.2) is 31.6 Å². The summed E-state index contributed by atoms with van der Waals surface area (Å²) in [6, 6.07) is 8.15. The molecule has 0 saturated carbocycles. The van der Waals surface area contributed by atoms with E-state index < -0.39 is 0 Å². The molecule has 2 aliphatic heterocycles. The van der Waals surface area contributed by atoms with Gasteiger partial charge in [0.1, 0.15) is 5.75 Å². The van der Waals surface area contributed by atoms with E-state index in [1.807, 2.05) is 18.2 Å². The Bertz CT molecular complexity index is 503. The molecule has 3 rings (SSSR count). The molecule has 1 spiro atoms. The molecule has 4 nitrogen and oxygen atoms in total. The van der Waals surface area contributed by atoms with E-state index in [1.165, 1.54) is 5.56 Å². The second kappa shape index (κ2) is 5.44. The van der Waals surface area contributed by atoms with Gasteiger partial charge in [-0.2, -0.15) is 0 Å². The standard InChI is InChI=1S/C16H22N2O2/c1-20-14-7-3-2-6-12(14)13-10-17-11-16(13)9-5-4-8-15(19)18-16/h2-3,6-7,13,17H,4-5,8-11H2,1H3,(H,18,19)/t13-,16+/m0/s1. The lowest BCUT2D eigenvalue weighted by Gasteiger charge is -2.35. The average molecular weight is 274 g/mol. The van der Waals surface area contributed by atoms with Crippen molar-refractivity contribution in [1.82, 2.24) is 10.6 Å². The summed E-state index contributed by atoms with van der Waals surface area (Å²) in [5, 5.41) is 6.76. The SMILES string of the molecule is COc1ccccc1[C@@H]1CNC[C@]12CCCCC(=O)N2. The number of benzene rings is 1. The van der Waals surface area contributed by atoms with E-state index in [1.54, 1.807) is 7.11 Å². The van der Waals surface area contributed by atoms with E-state index in [2.05, 4.69) is 16.7 Å². The lowest BCUT2D eigenvalue weighted by atomic mass is 9.78. The molecule has 4 heteroatoms. The number of carbonyl (C=O) groups excluding carboxylic acids is 1. The van der Waals surface area contributed by atoms with Gasteiger partial charge in [0, 0.05) is 31.0 Å². The van der Waals surface area contributed by atoms with Gasteiger partial charge in [-0.1, -0.05) is 24.6 Å². The summed E-state index contributed by atoms with van der Waals surface area (Å²) in [7, 11) is 1.71. The molecule has 0 unspecified atom stereocenters. The van der Waals surface area contributed by atoms with Crippen molar-refractivity contribution in [1.29, 1.82) is 0 Å². The maximum absolute atomic E-state index is 12.0. The van der Waals surface area contributed by atoms with Crippen LogP contribution in [0.4, 0.5) is 0 Å². The van der Waals surface area contributed by atoms with Crippen molar-refractivity contribution >= 4 is 5.91 Å². The zero-order valence-corrected chi connectivity index (χ0v) is 11.9. The topological polar surface area (TPSA) is 50.4 Å².